The van der Waals surface area contributed by atoms with Crippen LogP contribution in [-0.2, 0) is 6.54 Å². The molecule has 0 fully saturated rings. The summed E-state index contributed by atoms with van der Waals surface area (Å²) in [5.41, 5.74) is 0.563. The van der Waals surface area contributed by atoms with Crippen LogP contribution in [0.4, 0.5) is 11.4 Å². The molecule has 0 saturated heterocycles. The number of nitro groups is 1. The molecule has 1 aromatic heterocycles. The summed E-state index contributed by atoms with van der Waals surface area (Å²) in [6.07, 6.45) is 0. The first-order chi connectivity index (χ1) is 9.11. The third-order valence-electron chi connectivity index (χ3n) is 2.46. The van der Waals surface area contributed by atoms with Crippen LogP contribution in [0, 0.1) is 21.4 Å². The molecule has 5 nitrogen and oxygen atoms in total. The minimum atomic E-state index is -0.557. The molecule has 0 spiro atoms. The Bertz CT molecular complexity index is 663. The van der Waals surface area contributed by atoms with Crippen LogP contribution in [0.5, 0.6) is 0 Å². The SMILES string of the molecule is N#Cc1cc(NCc2sccc2Br)ccc1[N+](=O)[O-]. The number of nitrogens with one attached hydrogen (secondary N) is 1. The zero-order valence-corrected chi connectivity index (χ0v) is 12.0. The lowest BCUT2D eigenvalue weighted by Gasteiger charge is -2.06. The molecule has 19 heavy (non-hydrogen) atoms. The van der Waals surface area contributed by atoms with Crippen LogP contribution in [0.15, 0.2) is 34.1 Å². The molecule has 7 heteroatoms. The molecule has 1 aromatic carbocycles. The second-order valence-corrected chi connectivity index (χ2v) is 5.50. The zero-order chi connectivity index (χ0) is 13.8. The standard InChI is InChI=1S/C12H8BrN3O2S/c13-10-3-4-19-12(10)7-15-9-1-2-11(16(17)18)8(5-9)6-14/h1-5,15H,7H2. The smallest absolute Gasteiger partial charge is 0.287 e. The lowest BCUT2D eigenvalue weighted by atomic mass is 10.2. The van der Waals surface area contributed by atoms with Gasteiger partial charge in [0.25, 0.3) is 5.69 Å². The van der Waals surface area contributed by atoms with Crippen molar-refractivity contribution in [2.24, 2.45) is 0 Å². The van der Waals surface area contributed by atoms with E-state index in [0.717, 1.165) is 9.35 Å². The van der Waals surface area contributed by atoms with Crippen molar-refractivity contribution < 1.29 is 4.92 Å². The van der Waals surface area contributed by atoms with Crippen molar-refractivity contribution in [1.82, 2.24) is 0 Å². The van der Waals surface area contributed by atoms with Crippen LogP contribution in [0.3, 0.4) is 0 Å². The largest absolute Gasteiger partial charge is 0.380 e. The van der Waals surface area contributed by atoms with E-state index < -0.39 is 4.92 Å². The van der Waals surface area contributed by atoms with E-state index in [4.69, 9.17) is 5.26 Å². The van der Waals surface area contributed by atoms with E-state index >= 15 is 0 Å². The minimum Gasteiger partial charge on any atom is -0.380 e. The highest BCUT2D eigenvalue weighted by molar-refractivity contribution is 9.10. The highest BCUT2D eigenvalue weighted by Crippen LogP contribution is 2.25. The van der Waals surface area contributed by atoms with Gasteiger partial charge in [-0.2, -0.15) is 5.26 Å². The van der Waals surface area contributed by atoms with E-state index in [1.165, 1.54) is 12.1 Å². The molecular weight excluding hydrogens is 330 g/mol. The summed E-state index contributed by atoms with van der Waals surface area (Å²) in [4.78, 5) is 11.3. The molecule has 2 rings (SSSR count). The molecule has 0 atom stereocenters. The molecule has 96 valence electrons. The maximum atomic E-state index is 10.7. The van der Waals surface area contributed by atoms with Crippen molar-refractivity contribution in [3.05, 3.63) is 54.7 Å². The molecule has 0 unspecified atom stereocenters. The van der Waals surface area contributed by atoms with Gasteiger partial charge in [-0.1, -0.05) is 0 Å². The van der Waals surface area contributed by atoms with Crippen LogP contribution >= 0.6 is 27.3 Å². The second kappa shape index (κ2) is 5.82. The average Bonchev–Trinajstić information content (AvgIpc) is 2.81. The third-order valence-corrected chi connectivity index (χ3v) is 4.38. The van der Waals surface area contributed by atoms with Gasteiger partial charge in [-0.05, 0) is 39.5 Å². The predicted octanol–water partition coefficient (Wildman–Crippen LogP) is 3.90. The second-order valence-electron chi connectivity index (χ2n) is 3.65. The van der Waals surface area contributed by atoms with E-state index in [-0.39, 0.29) is 11.3 Å². The van der Waals surface area contributed by atoms with Crippen molar-refractivity contribution in [2.75, 3.05) is 5.32 Å². The molecule has 0 bridgehead atoms. The number of anilines is 1. The van der Waals surface area contributed by atoms with Gasteiger partial charge < -0.3 is 5.32 Å². The molecule has 2 aromatic rings. The Balaban J connectivity index is 2.16. The molecule has 0 aliphatic carbocycles. The fourth-order valence-corrected chi connectivity index (χ4v) is 2.96. The first-order valence-corrected chi connectivity index (χ1v) is 6.93. The average molecular weight is 338 g/mol. The first kappa shape index (κ1) is 13.5. The normalized spacial score (nSPS) is 9.89. The lowest BCUT2D eigenvalue weighted by molar-refractivity contribution is -0.385. The maximum absolute atomic E-state index is 10.7. The number of nitro benzene ring substituents is 1. The number of nitriles is 1. The zero-order valence-electron chi connectivity index (χ0n) is 9.59. The van der Waals surface area contributed by atoms with Gasteiger partial charge in [0.1, 0.15) is 11.6 Å². The van der Waals surface area contributed by atoms with Crippen molar-refractivity contribution in [3.8, 4) is 6.07 Å². The fourth-order valence-electron chi connectivity index (χ4n) is 1.53. The summed E-state index contributed by atoms with van der Waals surface area (Å²) in [6.45, 7) is 0.598. The Kier molecular flexibility index (Phi) is 4.14. The number of benzene rings is 1. The van der Waals surface area contributed by atoms with Crippen molar-refractivity contribution >= 4 is 38.6 Å². The van der Waals surface area contributed by atoms with Gasteiger partial charge in [0.05, 0.1) is 11.5 Å². The highest BCUT2D eigenvalue weighted by Gasteiger charge is 2.13. The Morgan fingerprint density at radius 2 is 2.26 bits per heavy atom. The van der Waals surface area contributed by atoms with E-state index in [1.807, 2.05) is 17.5 Å². The summed E-state index contributed by atoms with van der Waals surface area (Å²) in [5, 5.41) is 24.7. The number of halogens is 1. The third kappa shape index (κ3) is 3.10. The quantitative estimate of drug-likeness (QED) is 0.677. The van der Waals surface area contributed by atoms with Crippen LogP contribution in [0.1, 0.15) is 10.4 Å². The number of hydrogen-bond donors (Lipinski definition) is 1. The molecule has 0 aliphatic rings. The van der Waals surface area contributed by atoms with Crippen LogP contribution < -0.4 is 5.32 Å². The maximum Gasteiger partial charge on any atom is 0.287 e. The van der Waals surface area contributed by atoms with E-state index in [1.54, 1.807) is 17.4 Å². The molecule has 0 amide bonds. The summed E-state index contributed by atoms with van der Waals surface area (Å²) < 4.78 is 1.02. The lowest BCUT2D eigenvalue weighted by Crippen LogP contribution is -1.99. The minimum absolute atomic E-state index is 0.0558. The summed E-state index contributed by atoms with van der Waals surface area (Å²) >= 11 is 5.03. The topological polar surface area (TPSA) is 79.0 Å². The Hall–Kier alpha value is -1.91. The van der Waals surface area contributed by atoms with Gasteiger partial charge in [-0.25, -0.2) is 0 Å². The van der Waals surface area contributed by atoms with Gasteiger partial charge in [-0.15, -0.1) is 11.3 Å². The van der Waals surface area contributed by atoms with E-state index in [9.17, 15) is 10.1 Å². The van der Waals surface area contributed by atoms with Gasteiger partial charge >= 0.3 is 0 Å². The highest BCUT2D eigenvalue weighted by atomic mass is 79.9. The van der Waals surface area contributed by atoms with Gasteiger partial charge in [-0.3, -0.25) is 10.1 Å². The summed E-state index contributed by atoms with van der Waals surface area (Å²) in [7, 11) is 0. The Morgan fingerprint density at radius 1 is 1.47 bits per heavy atom. The molecular formula is C12H8BrN3O2S. The Morgan fingerprint density at radius 3 is 2.84 bits per heavy atom. The predicted molar refractivity (Wildman–Crippen MR) is 77.2 cm³/mol. The fraction of sp³-hybridized carbons (Fsp3) is 0.0833. The van der Waals surface area contributed by atoms with E-state index in [2.05, 4.69) is 21.2 Å². The first-order valence-electron chi connectivity index (χ1n) is 5.26. The van der Waals surface area contributed by atoms with Crippen molar-refractivity contribution in [2.45, 2.75) is 6.54 Å². The van der Waals surface area contributed by atoms with Crippen molar-refractivity contribution in [3.63, 3.8) is 0 Å². The van der Waals surface area contributed by atoms with Gasteiger partial charge in [0.2, 0.25) is 0 Å². The molecule has 0 radical (unpaired) electrons. The summed E-state index contributed by atoms with van der Waals surface area (Å²) in [6, 6.07) is 8.21. The van der Waals surface area contributed by atoms with Gasteiger partial charge in [0, 0.05) is 21.1 Å². The number of hydrogen-bond acceptors (Lipinski definition) is 5. The number of nitrogens with zero attached hydrogens (tertiary/aromatic N) is 2. The Labute approximate surface area is 121 Å². The molecule has 1 heterocycles. The molecule has 0 saturated carbocycles. The number of rotatable bonds is 4. The number of thiophene rings is 1. The van der Waals surface area contributed by atoms with Crippen molar-refractivity contribution in [1.29, 1.82) is 5.26 Å². The molecule has 1 N–H and O–H groups in total. The molecule has 0 aliphatic heterocycles. The van der Waals surface area contributed by atoms with Crippen LogP contribution in [0.2, 0.25) is 0 Å². The van der Waals surface area contributed by atoms with Gasteiger partial charge in [0.15, 0.2) is 0 Å². The monoisotopic (exact) mass is 337 g/mol. The van der Waals surface area contributed by atoms with Crippen LogP contribution in [0.25, 0.3) is 0 Å². The van der Waals surface area contributed by atoms with E-state index in [0.29, 0.717) is 12.2 Å². The summed E-state index contributed by atoms with van der Waals surface area (Å²) in [5.74, 6) is 0. The van der Waals surface area contributed by atoms with Crippen LogP contribution in [-0.4, -0.2) is 4.92 Å².